The Morgan fingerprint density at radius 3 is 0.739 bits per heavy atom. The summed E-state index contributed by atoms with van der Waals surface area (Å²) in [7, 11) is -9.90. The number of hydrogen-bond acceptors (Lipinski definition) is 15. The summed E-state index contributed by atoms with van der Waals surface area (Å²) in [5, 5.41) is 10.6. The fourth-order valence-electron chi connectivity index (χ4n) is 11.1. The predicted molar refractivity (Wildman–Crippen MR) is 372 cm³/mol. The highest BCUT2D eigenvalue weighted by Crippen LogP contribution is 2.45. The van der Waals surface area contributed by atoms with Crippen LogP contribution in [0.25, 0.3) is 0 Å². The molecule has 0 aliphatic heterocycles. The summed E-state index contributed by atoms with van der Waals surface area (Å²) >= 11 is 0. The summed E-state index contributed by atoms with van der Waals surface area (Å²) in [6, 6.07) is 0. The molecule has 0 heterocycles. The first-order chi connectivity index (χ1) is 44.4. The van der Waals surface area contributed by atoms with Crippen LogP contribution in [-0.2, 0) is 65.4 Å². The van der Waals surface area contributed by atoms with Crippen molar-refractivity contribution in [2.75, 3.05) is 39.6 Å². The van der Waals surface area contributed by atoms with Gasteiger partial charge < -0.3 is 33.8 Å². The Labute approximate surface area is 562 Å². The third-order valence-electron chi connectivity index (χ3n) is 17.0. The number of phosphoric acid groups is 2. The number of phosphoric ester groups is 2. The van der Waals surface area contributed by atoms with Crippen LogP contribution in [0.5, 0.6) is 0 Å². The second kappa shape index (κ2) is 65.0. The van der Waals surface area contributed by atoms with Gasteiger partial charge in [0.25, 0.3) is 0 Å². The van der Waals surface area contributed by atoms with Crippen molar-refractivity contribution in [1.82, 2.24) is 0 Å². The smallest absolute Gasteiger partial charge is 0.462 e. The first-order valence-electron chi connectivity index (χ1n) is 38.0. The number of hydrogen-bond donors (Lipinski definition) is 3. The predicted octanol–water partition coefficient (Wildman–Crippen LogP) is 21.2. The summed E-state index contributed by atoms with van der Waals surface area (Å²) in [4.78, 5) is 72.6. The van der Waals surface area contributed by atoms with Gasteiger partial charge in [-0.3, -0.25) is 37.3 Å². The van der Waals surface area contributed by atoms with E-state index in [1.165, 1.54) is 193 Å². The average Bonchev–Trinajstić information content (AvgIpc) is 1.79. The molecule has 0 aliphatic rings. The van der Waals surface area contributed by atoms with Crippen LogP contribution in [-0.4, -0.2) is 96.7 Å². The normalized spacial score (nSPS) is 14.1. The lowest BCUT2D eigenvalue weighted by molar-refractivity contribution is -0.161. The zero-order chi connectivity index (χ0) is 67.9. The Morgan fingerprint density at radius 2 is 0.500 bits per heavy atom. The maximum absolute atomic E-state index is 13.1. The molecule has 17 nitrogen and oxygen atoms in total. The largest absolute Gasteiger partial charge is 0.472 e. The monoisotopic (exact) mass is 1350 g/mol. The highest BCUT2D eigenvalue weighted by atomic mass is 31.2. The highest BCUT2D eigenvalue weighted by molar-refractivity contribution is 7.47. The summed E-state index contributed by atoms with van der Waals surface area (Å²) in [5.74, 6) is -0.608. The molecular weight excluding hydrogens is 1210 g/mol. The van der Waals surface area contributed by atoms with Gasteiger partial charge in [0.1, 0.15) is 19.3 Å². The minimum Gasteiger partial charge on any atom is -0.462 e. The number of ether oxygens (including phenoxy) is 4. The van der Waals surface area contributed by atoms with Crippen LogP contribution in [0.4, 0.5) is 0 Å². The van der Waals surface area contributed by atoms with E-state index in [0.717, 1.165) is 102 Å². The molecule has 92 heavy (non-hydrogen) atoms. The molecule has 0 spiro atoms. The van der Waals surface area contributed by atoms with Crippen LogP contribution >= 0.6 is 15.6 Å². The van der Waals surface area contributed by atoms with Crippen molar-refractivity contribution in [3.8, 4) is 0 Å². The van der Waals surface area contributed by atoms with Crippen molar-refractivity contribution in [2.24, 2.45) is 11.8 Å². The fraction of sp³-hybridized carbons (Fsp3) is 0.945. The molecule has 0 amide bonds. The van der Waals surface area contributed by atoms with Crippen LogP contribution in [0, 0.1) is 11.8 Å². The fourth-order valence-corrected chi connectivity index (χ4v) is 12.7. The molecule has 0 aromatic heterocycles. The average molecular weight is 1350 g/mol. The van der Waals surface area contributed by atoms with Gasteiger partial charge in [-0.25, -0.2) is 9.13 Å². The van der Waals surface area contributed by atoms with Gasteiger partial charge >= 0.3 is 39.5 Å². The molecule has 0 bridgehead atoms. The van der Waals surface area contributed by atoms with Gasteiger partial charge in [-0.15, -0.1) is 0 Å². The number of aliphatic hydroxyl groups excluding tert-OH is 1. The maximum atomic E-state index is 13.1. The Balaban J connectivity index is 5.23. The van der Waals surface area contributed by atoms with Crippen LogP contribution < -0.4 is 0 Å². The van der Waals surface area contributed by atoms with Crippen molar-refractivity contribution in [2.45, 2.75) is 394 Å². The topological polar surface area (TPSA) is 237 Å². The standard InChI is InChI=1S/C73H142O17P2/c1-7-9-11-13-15-17-18-19-20-24-27-31-38-44-50-56-71(76)84-62-68(89-72(77)57-51-45-39-32-28-25-22-21-23-26-30-35-41-47-53-65(3)4)63-87-91(79,80)85-59-67(74)60-86-92(81,82)88-64-69(61-83-70(75)55-49-43-37-29-16-14-12-10-8-2)90-73(78)58-52-46-40-34-33-36-42-48-54-66(5)6/h65-69,74H,7-64H2,1-6H3,(H,79,80)(H,81,82)/t67-,68-,69-/m1/s1. The third kappa shape index (κ3) is 66.7. The van der Waals surface area contributed by atoms with Crippen LogP contribution in [0.2, 0.25) is 0 Å². The molecule has 0 aromatic carbocycles. The first kappa shape index (κ1) is 90.1. The van der Waals surface area contributed by atoms with Crippen molar-refractivity contribution >= 4 is 39.5 Å². The molecular formula is C73H142O17P2. The van der Waals surface area contributed by atoms with E-state index in [4.69, 9.17) is 37.0 Å². The SMILES string of the molecule is CCCCCCCCCCCCCCCCCC(=O)OC[C@H](COP(=O)(O)OC[C@@H](O)COP(=O)(O)OC[C@@H](COC(=O)CCCCCCCCCCC)OC(=O)CCCCCCCCCCC(C)C)OC(=O)CCCCCCCCCCCCCCCCC(C)C. The summed E-state index contributed by atoms with van der Waals surface area (Å²) in [5.41, 5.74) is 0. The molecule has 0 saturated carbocycles. The van der Waals surface area contributed by atoms with E-state index in [1.54, 1.807) is 0 Å². The Morgan fingerprint density at radius 1 is 0.293 bits per heavy atom. The van der Waals surface area contributed by atoms with Gasteiger partial charge in [-0.2, -0.15) is 0 Å². The van der Waals surface area contributed by atoms with Crippen LogP contribution in [0.1, 0.15) is 375 Å². The van der Waals surface area contributed by atoms with Gasteiger partial charge in [0.15, 0.2) is 12.2 Å². The minimum atomic E-state index is -4.95. The van der Waals surface area contributed by atoms with E-state index in [2.05, 4.69) is 41.5 Å². The number of carbonyl (C=O) groups excluding carboxylic acids is 4. The summed E-state index contributed by atoms with van der Waals surface area (Å²) < 4.78 is 68.4. The third-order valence-corrected chi connectivity index (χ3v) is 18.9. The lowest BCUT2D eigenvalue weighted by Crippen LogP contribution is -2.30. The van der Waals surface area contributed by atoms with Gasteiger partial charge in [0.2, 0.25) is 0 Å². The molecule has 2 unspecified atom stereocenters. The number of aliphatic hydroxyl groups is 1. The Hall–Kier alpha value is -1.94. The van der Waals surface area contributed by atoms with Crippen LogP contribution in [0.15, 0.2) is 0 Å². The van der Waals surface area contributed by atoms with Gasteiger partial charge in [0.05, 0.1) is 26.4 Å². The lowest BCUT2D eigenvalue weighted by Gasteiger charge is -2.21. The van der Waals surface area contributed by atoms with Gasteiger partial charge in [-0.1, -0.05) is 324 Å². The molecule has 0 radical (unpaired) electrons. The number of esters is 4. The molecule has 0 fully saturated rings. The molecule has 0 aliphatic carbocycles. The molecule has 3 N–H and O–H groups in total. The lowest BCUT2D eigenvalue weighted by atomic mass is 10.0. The Kier molecular flexibility index (Phi) is 63.7. The van der Waals surface area contributed by atoms with Crippen molar-refractivity contribution in [1.29, 1.82) is 0 Å². The van der Waals surface area contributed by atoms with E-state index in [1.807, 2.05) is 0 Å². The number of carbonyl (C=O) groups is 4. The second-order valence-corrected chi connectivity index (χ2v) is 30.2. The highest BCUT2D eigenvalue weighted by Gasteiger charge is 2.30. The Bertz CT molecular complexity index is 1790. The van der Waals surface area contributed by atoms with Crippen molar-refractivity contribution in [3.63, 3.8) is 0 Å². The zero-order valence-electron chi connectivity index (χ0n) is 59.9. The number of unbranched alkanes of at least 4 members (excludes halogenated alkanes) is 42. The van der Waals surface area contributed by atoms with E-state index in [-0.39, 0.29) is 25.7 Å². The quantitative estimate of drug-likeness (QED) is 0.0222. The molecule has 0 aromatic rings. The van der Waals surface area contributed by atoms with Crippen LogP contribution in [0.3, 0.4) is 0 Å². The van der Waals surface area contributed by atoms with E-state index >= 15 is 0 Å². The van der Waals surface area contributed by atoms with Gasteiger partial charge in [0, 0.05) is 25.7 Å². The van der Waals surface area contributed by atoms with Crippen molar-refractivity contribution < 1.29 is 80.2 Å². The summed E-state index contributed by atoms with van der Waals surface area (Å²) in [6.45, 7) is 9.54. The molecule has 0 saturated heterocycles. The zero-order valence-corrected chi connectivity index (χ0v) is 61.6. The molecule has 19 heteroatoms. The van der Waals surface area contributed by atoms with E-state index < -0.39 is 97.5 Å². The molecule has 5 atom stereocenters. The van der Waals surface area contributed by atoms with Gasteiger partial charge in [-0.05, 0) is 37.5 Å². The molecule has 546 valence electrons. The number of rotatable bonds is 72. The van der Waals surface area contributed by atoms with Crippen molar-refractivity contribution in [3.05, 3.63) is 0 Å². The second-order valence-electron chi connectivity index (χ2n) is 27.3. The van der Waals surface area contributed by atoms with E-state index in [0.29, 0.717) is 25.7 Å². The molecule has 0 rings (SSSR count). The minimum absolute atomic E-state index is 0.105. The first-order valence-corrected chi connectivity index (χ1v) is 41.0. The summed E-state index contributed by atoms with van der Waals surface area (Å²) in [6.07, 6.45) is 51.3. The van der Waals surface area contributed by atoms with E-state index in [9.17, 15) is 43.2 Å². The maximum Gasteiger partial charge on any atom is 0.472 e.